The van der Waals surface area contributed by atoms with E-state index < -0.39 is 95.1 Å². The minimum atomic E-state index is -4.51. The molecule has 1 aliphatic heterocycles. The summed E-state index contributed by atoms with van der Waals surface area (Å²) in [6.07, 6.45) is 0.736. The van der Waals surface area contributed by atoms with Crippen molar-refractivity contribution in [3.63, 3.8) is 0 Å². The summed E-state index contributed by atoms with van der Waals surface area (Å²) in [7, 11) is -3.36. The number of carbonyl (C=O) groups excluding carboxylic acids is 4. The maximum atomic E-state index is 14.8. The van der Waals surface area contributed by atoms with Crippen molar-refractivity contribution in [1.29, 1.82) is 0 Å². The van der Waals surface area contributed by atoms with Crippen LogP contribution in [0.1, 0.15) is 65.5 Å². The van der Waals surface area contributed by atoms with Gasteiger partial charge in [-0.05, 0) is 73.1 Å². The largest absolute Gasteiger partial charge is 0.504 e. The highest BCUT2D eigenvalue weighted by molar-refractivity contribution is 7.87. The van der Waals surface area contributed by atoms with Gasteiger partial charge in [0, 0.05) is 56.0 Å². The number of ether oxygens (including phenoxy) is 2. The quantitative estimate of drug-likeness (QED) is 0.0569. The Morgan fingerprint density at radius 2 is 1.59 bits per heavy atom. The number of nitrogens with one attached hydrogen (secondary N) is 4. The molecule has 23 nitrogen and oxygen atoms in total. The molecule has 2 aliphatic rings. The van der Waals surface area contributed by atoms with Gasteiger partial charge >= 0.3 is 5.97 Å². The molecule has 24 heteroatoms. The SMILES string of the molecule is Cc1nc(-c2ccc(C3(C)CC3)cc2)ncc1C(=O)NC(CNS(N)(=O)=O)C(=O)N(C)[C@@H]1C(=O)N[C@@H](C)C(=O)N[C@H](C(=O)O)Cc2ccc(OCC(O)CN)c(c2)-c2cc1cc(OCC(O)CN)c2O. The van der Waals surface area contributed by atoms with Crippen LogP contribution in [-0.2, 0) is 41.2 Å². The third-order valence-electron chi connectivity index (χ3n) is 12.1. The molecular weight excluding hydrogens is 933 g/mol. The van der Waals surface area contributed by atoms with Crippen molar-refractivity contribution < 1.29 is 62.3 Å². The fourth-order valence-corrected chi connectivity index (χ4v) is 8.03. The van der Waals surface area contributed by atoms with Gasteiger partial charge in [0.1, 0.15) is 55.3 Å². The van der Waals surface area contributed by atoms with Gasteiger partial charge in [0.15, 0.2) is 17.3 Å². The average molecular weight is 991 g/mol. The zero-order valence-electron chi connectivity index (χ0n) is 38.8. The number of carboxylic acids is 1. The van der Waals surface area contributed by atoms with E-state index in [1.54, 1.807) is 6.92 Å². The summed E-state index contributed by atoms with van der Waals surface area (Å²) < 4.78 is 38.2. The lowest BCUT2D eigenvalue weighted by molar-refractivity contribution is -0.143. The molecule has 1 aliphatic carbocycles. The number of aromatic hydroxyl groups is 1. The normalized spacial score (nSPS) is 19.0. The van der Waals surface area contributed by atoms with E-state index in [0.29, 0.717) is 17.0 Å². The maximum absolute atomic E-state index is 14.8. The average Bonchev–Trinajstić information content (AvgIpc) is 4.08. The summed E-state index contributed by atoms with van der Waals surface area (Å²) >= 11 is 0. The molecule has 0 radical (unpaired) electrons. The van der Waals surface area contributed by atoms with Crippen LogP contribution in [-0.4, -0.2) is 144 Å². The van der Waals surface area contributed by atoms with Crippen molar-refractivity contribution in [3.8, 4) is 39.8 Å². The van der Waals surface area contributed by atoms with Crippen LogP contribution in [0.5, 0.6) is 17.2 Å². The minimum Gasteiger partial charge on any atom is -0.504 e. The molecule has 1 saturated carbocycles. The van der Waals surface area contributed by atoms with Crippen LogP contribution in [0.3, 0.4) is 0 Å². The molecule has 70 heavy (non-hydrogen) atoms. The van der Waals surface area contributed by atoms with E-state index in [1.807, 2.05) is 29.0 Å². The van der Waals surface area contributed by atoms with Gasteiger partial charge in [-0.3, -0.25) is 19.2 Å². The van der Waals surface area contributed by atoms with E-state index in [2.05, 4.69) is 32.8 Å². The number of benzene rings is 3. The number of carboxylic acid groups (broad SMARTS) is 1. The molecule has 1 fully saturated rings. The number of phenolic OH excluding ortho intramolecular Hbond substituents is 1. The highest BCUT2D eigenvalue weighted by atomic mass is 32.2. The second kappa shape index (κ2) is 21.9. The van der Waals surface area contributed by atoms with Crippen molar-refractivity contribution in [2.24, 2.45) is 16.6 Å². The van der Waals surface area contributed by atoms with Crippen LogP contribution in [0.15, 0.2) is 60.8 Å². The molecule has 4 aromatic rings. The molecule has 2 heterocycles. The van der Waals surface area contributed by atoms with Gasteiger partial charge < -0.3 is 62.2 Å². The first-order valence-corrected chi connectivity index (χ1v) is 23.7. The molecular formula is C46H58N10O13S. The highest BCUT2D eigenvalue weighted by Gasteiger charge is 2.39. The van der Waals surface area contributed by atoms with Crippen LogP contribution in [0.4, 0.5) is 0 Å². The number of aryl methyl sites for hydroxylation is 1. The third-order valence-corrected chi connectivity index (χ3v) is 12.7. The molecule has 376 valence electrons. The van der Waals surface area contributed by atoms with E-state index in [1.165, 1.54) is 49.0 Å². The fraction of sp³-hybridized carbons (Fsp3) is 0.413. The van der Waals surface area contributed by atoms with E-state index >= 15 is 0 Å². The first-order chi connectivity index (χ1) is 33.0. The topological polar surface area (TPSA) is 374 Å². The summed E-state index contributed by atoms with van der Waals surface area (Å²) in [5, 5.41) is 55.3. The van der Waals surface area contributed by atoms with Gasteiger partial charge in [-0.2, -0.15) is 13.1 Å². The number of hydrogen-bond acceptors (Lipinski definition) is 16. The zero-order valence-corrected chi connectivity index (χ0v) is 39.7. The Balaban J connectivity index is 1.45. The second-order valence-electron chi connectivity index (χ2n) is 17.6. The summed E-state index contributed by atoms with van der Waals surface area (Å²) in [6, 6.07) is 7.95. The number of carbonyl (C=O) groups is 5. The standard InChI is InChI=1S/C46H58N10O13S/c1-23-33(19-50-40(52-23)26-6-8-28(9-7-26)46(3)11-12-46)42(61)55-35(20-51-70(49,66)67)44(63)56(4)38-27-15-32(39(59)37(16-27)69-22-30(58)18-48)31-13-25(5-10-36(31)68-21-29(57)17-47)14-34(45(64)65)54-41(60)24(2)53-43(38)62/h5-10,13,15-16,19,24,29-30,34-35,38,51,57-59H,11-12,14,17-18,20-22,47-48H2,1-4H3,(H,53,62)(H,54,60)(H,55,61)(H,64,65)(H2,49,66,67)/t24-,29?,30?,34-,35?,38-/m0/s1. The van der Waals surface area contributed by atoms with Crippen molar-refractivity contribution in [3.05, 3.63) is 88.7 Å². The van der Waals surface area contributed by atoms with Gasteiger partial charge in [0.05, 0.1) is 11.3 Å². The lowest BCUT2D eigenvalue weighted by atomic mass is 9.93. The molecule has 3 unspecified atom stereocenters. The van der Waals surface area contributed by atoms with Crippen molar-refractivity contribution in [2.45, 2.75) is 81.8 Å². The molecule has 1 aromatic heterocycles. The van der Waals surface area contributed by atoms with Crippen molar-refractivity contribution in [1.82, 2.24) is 35.5 Å². The zero-order chi connectivity index (χ0) is 51.2. The Labute approximate surface area is 403 Å². The molecule has 4 amide bonds. The van der Waals surface area contributed by atoms with Gasteiger partial charge in [-0.25, -0.2) is 19.9 Å². The first kappa shape index (κ1) is 52.6. The predicted octanol–water partition coefficient (Wildman–Crippen LogP) is -1.01. The van der Waals surface area contributed by atoms with E-state index in [-0.39, 0.29) is 71.0 Å². The third kappa shape index (κ3) is 12.7. The molecule has 6 rings (SSSR count). The lowest BCUT2D eigenvalue weighted by Crippen LogP contribution is -2.57. The molecule has 0 spiro atoms. The van der Waals surface area contributed by atoms with Gasteiger partial charge in [0.2, 0.25) is 17.7 Å². The molecule has 6 atom stereocenters. The molecule has 14 N–H and O–H groups in total. The number of rotatable bonds is 18. The summed E-state index contributed by atoms with van der Waals surface area (Å²) in [4.78, 5) is 79.2. The summed E-state index contributed by atoms with van der Waals surface area (Å²) in [5.41, 5.74) is 13.5. The van der Waals surface area contributed by atoms with E-state index in [9.17, 15) is 52.8 Å². The maximum Gasteiger partial charge on any atom is 0.326 e. The van der Waals surface area contributed by atoms with Crippen LogP contribution in [0.25, 0.3) is 22.5 Å². The monoisotopic (exact) mass is 990 g/mol. The predicted molar refractivity (Wildman–Crippen MR) is 252 cm³/mol. The number of hydrogen-bond donors (Lipinski definition) is 11. The van der Waals surface area contributed by atoms with Gasteiger partial charge in [0.25, 0.3) is 16.1 Å². The Morgan fingerprint density at radius 3 is 2.17 bits per heavy atom. The molecule has 0 saturated heterocycles. The van der Waals surface area contributed by atoms with E-state index in [4.69, 9.17) is 26.1 Å². The number of nitrogens with two attached hydrogens (primary N) is 3. The van der Waals surface area contributed by atoms with Crippen LogP contribution >= 0.6 is 0 Å². The summed E-state index contributed by atoms with van der Waals surface area (Å²) in [5.74, 6) is -6.02. The van der Waals surface area contributed by atoms with Gasteiger partial charge in [-0.15, -0.1) is 0 Å². The Morgan fingerprint density at radius 1 is 0.943 bits per heavy atom. The number of nitrogens with zero attached hydrogens (tertiary/aromatic N) is 3. The number of aromatic nitrogens is 2. The molecule has 4 bridgehead atoms. The lowest BCUT2D eigenvalue weighted by Gasteiger charge is -2.33. The highest BCUT2D eigenvalue weighted by Crippen LogP contribution is 2.48. The Kier molecular flexibility index (Phi) is 16.4. The fourth-order valence-electron chi connectivity index (χ4n) is 7.63. The Bertz CT molecular complexity index is 2740. The minimum absolute atomic E-state index is 0.0174. The number of amides is 4. The van der Waals surface area contributed by atoms with Crippen molar-refractivity contribution >= 4 is 39.8 Å². The number of aliphatic carboxylic acids is 1. The Hall–Kier alpha value is -6.80. The molecule has 3 aromatic carbocycles. The first-order valence-electron chi connectivity index (χ1n) is 22.2. The summed E-state index contributed by atoms with van der Waals surface area (Å²) in [6.45, 7) is 2.88. The van der Waals surface area contributed by atoms with E-state index in [0.717, 1.165) is 24.8 Å². The number of aliphatic hydroxyl groups excluding tert-OH is 2. The van der Waals surface area contributed by atoms with Crippen LogP contribution < -0.4 is 46.8 Å². The van der Waals surface area contributed by atoms with Crippen LogP contribution in [0, 0.1) is 6.92 Å². The number of fused-ring (bicyclic) bond motifs is 5. The smallest absolute Gasteiger partial charge is 0.326 e. The second-order valence-corrected chi connectivity index (χ2v) is 19.0. The number of aliphatic hydroxyl groups is 2. The van der Waals surface area contributed by atoms with Crippen LogP contribution in [0.2, 0.25) is 0 Å². The van der Waals surface area contributed by atoms with Crippen molar-refractivity contribution in [2.75, 3.05) is 39.9 Å². The van der Waals surface area contributed by atoms with Gasteiger partial charge in [-0.1, -0.05) is 37.3 Å². The number of phenols is 1. The number of likely N-dealkylation sites (N-methyl/N-ethyl adjacent to an activating group) is 1.